The molecule has 1 fully saturated rings. The van der Waals surface area contributed by atoms with Crippen LogP contribution in [-0.4, -0.2) is 43.1 Å². The van der Waals surface area contributed by atoms with Crippen LogP contribution in [0.15, 0.2) is 28.7 Å². The third kappa shape index (κ3) is 2.08. The molecule has 1 unspecified atom stereocenters. The number of hydrogen-bond acceptors (Lipinski definition) is 4. The topological polar surface area (TPSA) is 32.5 Å². The fourth-order valence-corrected chi connectivity index (χ4v) is 2.62. The van der Waals surface area contributed by atoms with Crippen molar-refractivity contribution in [1.82, 2.24) is 9.88 Å². The molecule has 18 heavy (non-hydrogen) atoms. The predicted octanol–water partition coefficient (Wildman–Crippen LogP) is 2.36. The van der Waals surface area contributed by atoms with Gasteiger partial charge < -0.3 is 14.2 Å². The van der Waals surface area contributed by atoms with E-state index in [0.29, 0.717) is 6.04 Å². The van der Waals surface area contributed by atoms with Crippen molar-refractivity contribution in [1.29, 1.82) is 0 Å². The van der Waals surface area contributed by atoms with Gasteiger partial charge in [0, 0.05) is 19.6 Å². The van der Waals surface area contributed by atoms with Gasteiger partial charge in [-0.15, -0.1) is 0 Å². The summed E-state index contributed by atoms with van der Waals surface area (Å²) in [4.78, 5) is 9.10. The van der Waals surface area contributed by atoms with Crippen molar-refractivity contribution in [2.24, 2.45) is 0 Å². The minimum absolute atomic E-state index is 0.497. The molecule has 0 spiro atoms. The van der Waals surface area contributed by atoms with E-state index in [1.807, 2.05) is 24.3 Å². The molecule has 1 aliphatic rings. The first kappa shape index (κ1) is 11.5. The molecular formula is C14H19N3O. The second-order valence-corrected chi connectivity index (χ2v) is 5.13. The average molecular weight is 245 g/mol. The molecule has 0 radical (unpaired) electrons. The summed E-state index contributed by atoms with van der Waals surface area (Å²) in [6.45, 7) is 2.27. The molecule has 3 rings (SSSR count). The second kappa shape index (κ2) is 4.61. The van der Waals surface area contributed by atoms with E-state index >= 15 is 0 Å². The summed E-state index contributed by atoms with van der Waals surface area (Å²) in [6, 6.07) is 9.15. The van der Waals surface area contributed by atoms with Gasteiger partial charge >= 0.3 is 0 Å². The molecule has 1 aliphatic heterocycles. The van der Waals surface area contributed by atoms with Crippen molar-refractivity contribution in [3.63, 3.8) is 0 Å². The number of nitrogens with zero attached hydrogens (tertiary/aromatic N) is 3. The summed E-state index contributed by atoms with van der Waals surface area (Å²) >= 11 is 0. The Morgan fingerprint density at radius 3 is 3.00 bits per heavy atom. The van der Waals surface area contributed by atoms with Gasteiger partial charge in [0.25, 0.3) is 6.01 Å². The summed E-state index contributed by atoms with van der Waals surface area (Å²) in [7, 11) is 4.25. The van der Waals surface area contributed by atoms with Crippen LogP contribution < -0.4 is 4.90 Å². The van der Waals surface area contributed by atoms with Crippen molar-refractivity contribution in [2.45, 2.75) is 18.9 Å². The lowest BCUT2D eigenvalue weighted by Crippen LogP contribution is -2.45. The first-order valence-electron chi connectivity index (χ1n) is 6.51. The summed E-state index contributed by atoms with van der Waals surface area (Å²) in [5.74, 6) is 0. The monoisotopic (exact) mass is 245 g/mol. The molecule has 1 atom stereocenters. The molecule has 1 saturated heterocycles. The molecule has 4 heteroatoms. The van der Waals surface area contributed by atoms with Gasteiger partial charge in [-0.05, 0) is 38.6 Å². The third-order valence-corrected chi connectivity index (χ3v) is 3.73. The Bertz CT molecular complexity index is 504. The van der Waals surface area contributed by atoms with Gasteiger partial charge in [-0.1, -0.05) is 12.1 Å². The van der Waals surface area contributed by atoms with E-state index in [2.05, 4.69) is 28.9 Å². The lowest BCUT2D eigenvalue weighted by molar-refractivity contribution is 0.244. The Morgan fingerprint density at radius 1 is 1.39 bits per heavy atom. The van der Waals surface area contributed by atoms with Gasteiger partial charge in [0.2, 0.25) is 0 Å². The van der Waals surface area contributed by atoms with Crippen LogP contribution in [0.2, 0.25) is 0 Å². The van der Waals surface area contributed by atoms with Gasteiger partial charge in [-0.3, -0.25) is 0 Å². The number of benzene rings is 1. The fraction of sp³-hybridized carbons (Fsp3) is 0.500. The summed E-state index contributed by atoms with van der Waals surface area (Å²) < 4.78 is 5.81. The van der Waals surface area contributed by atoms with Crippen molar-refractivity contribution in [3.8, 4) is 0 Å². The maximum Gasteiger partial charge on any atom is 0.298 e. The average Bonchev–Trinajstić information content (AvgIpc) is 2.81. The van der Waals surface area contributed by atoms with E-state index in [0.717, 1.165) is 23.7 Å². The normalized spacial score (nSPS) is 21.3. The van der Waals surface area contributed by atoms with E-state index < -0.39 is 0 Å². The summed E-state index contributed by atoms with van der Waals surface area (Å²) in [6.07, 6.45) is 2.45. The highest BCUT2D eigenvalue weighted by atomic mass is 16.4. The number of likely N-dealkylation sites (tertiary alicyclic amines) is 1. The fourth-order valence-electron chi connectivity index (χ4n) is 2.62. The van der Waals surface area contributed by atoms with Gasteiger partial charge in [0.15, 0.2) is 5.58 Å². The SMILES string of the molecule is CN1CCCC(N(C)c2nc3ccccc3o2)C1. The number of rotatable bonds is 2. The van der Waals surface area contributed by atoms with Crippen molar-refractivity contribution < 1.29 is 4.42 Å². The molecule has 0 saturated carbocycles. The molecule has 2 heterocycles. The Labute approximate surface area is 107 Å². The number of anilines is 1. The van der Waals surface area contributed by atoms with Crippen LogP contribution in [0.1, 0.15) is 12.8 Å². The third-order valence-electron chi connectivity index (χ3n) is 3.73. The zero-order valence-corrected chi connectivity index (χ0v) is 11.0. The van der Waals surface area contributed by atoms with Crippen molar-refractivity contribution >= 4 is 17.1 Å². The number of oxazole rings is 1. The lowest BCUT2D eigenvalue weighted by Gasteiger charge is -2.34. The highest BCUT2D eigenvalue weighted by Crippen LogP contribution is 2.24. The van der Waals surface area contributed by atoms with E-state index in [4.69, 9.17) is 4.42 Å². The highest BCUT2D eigenvalue weighted by molar-refractivity contribution is 5.74. The molecule has 0 N–H and O–H groups in total. The van der Waals surface area contributed by atoms with Gasteiger partial charge in [0.1, 0.15) is 5.52 Å². The zero-order valence-electron chi connectivity index (χ0n) is 11.0. The lowest BCUT2D eigenvalue weighted by atomic mass is 10.1. The van der Waals surface area contributed by atoms with Crippen LogP contribution in [0.5, 0.6) is 0 Å². The molecule has 0 amide bonds. The quantitative estimate of drug-likeness (QED) is 0.813. The Kier molecular flexibility index (Phi) is 2.96. The minimum atomic E-state index is 0.497. The van der Waals surface area contributed by atoms with E-state index in [9.17, 15) is 0 Å². The number of hydrogen-bond donors (Lipinski definition) is 0. The zero-order chi connectivity index (χ0) is 12.5. The van der Waals surface area contributed by atoms with Crippen LogP contribution in [0, 0.1) is 0 Å². The Morgan fingerprint density at radius 2 is 2.22 bits per heavy atom. The standard InChI is InChI=1S/C14H19N3O/c1-16-9-5-6-11(10-16)17(2)14-15-12-7-3-4-8-13(12)18-14/h3-4,7-8,11H,5-6,9-10H2,1-2H3. The number of fused-ring (bicyclic) bond motifs is 1. The van der Waals surface area contributed by atoms with Crippen LogP contribution in [-0.2, 0) is 0 Å². The van der Waals surface area contributed by atoms with Crippen LogP contribution in [0.4, 0.5) is 6.01 Å². The maximum atomic E-state index is 5.81. The van der Waals surface area contributed by atoms with Gasteiger partial charge in [0.05, 0.1) is 0 Å². The van der Waals surface area contributed by atoms with Gasteiger partial charge in [-0.25, -0.2) is 0 Å². The molecule has 2 aromatic rings. The molecular weight excluding hydrogens is 226 g/mol. The molecule has 4 nitrogen and oxygen atoms in total. The first-order chi connectivity index (χ1) is 8.74. The largest absolute Gasteiger partial charge is 0.423 e. The predicted molar refractivity (Wildman–Crippen MR) is 72.9 cm³/mol. The molecule has 1 aromatic heterocycles. The Balaban J connectivity index is 1.84. The van der Waals surface area contributed by atoms with E-state index in [1.54, 1.807) is 0 Å². The first-order valence-corrected chi connectivity index (χ1v) is 6.51. The number of piperidine rings is 1. The van der Waals surface area contributed by atoms with Crippen molar-refractivity contribution in [3.05, 3.63) is 24.3 Å². The van der Waals surface area contributed by atoms with Crippen LogP contribution in [0.25, 0.3) is 11.1 Å². The molecule has 0 aliphatic carbocycles. The smallest absolute Gasteiger partial charge is 0.298 e. The Hall–Kier alpha value is -1.55. The summed E-state index contributed by atoms with van der Waals surface area (Å²) in [5.41, 5.74) is 1.80. The van der Waals surface area contributed by atoms with Gasteiger partial charge in [-0.2, -0.15) is 4.98 Å². The minimum Gasteiger partial charge on any atom is -0.423 e. The molecule has 0 bridgehead atoms. The summed E-state index contributed by atoms with van der Waals surface area (Å²) in [5, 5.41) is 0. The number of likely N-dealkylation sites (N-methyl/N-ethyl adjacent to an activating group) is 2. The molecule has 96 valence electrons. The molecule has 1 aromatic carbocycles. The number of para-hydroxylation sites is 2. The van der Waals surface area contributed by atoms with E-state index in [1.165, 1.54) is 19.4 Å². The second-order valence-electron chi connectivity index (χ2n) is 5.13. The van der Waals surface area contributed by atoms with Crippen LogP contribution in [0.3, 0.4) is 0 Å². The van der Waals surface area contributed by atoms with Crippen molar-refractivity contribution in [2.75, 3.05) is 32.1 Å². The van der Waals surface area contributed by atoms with Crippen LogP contribution >= 0.6 is 0 Å². The highest BCUT2D eigenvalue weighted by Gasteiger charge is 2.24. The number of aromatic nitrogens is 1. The maximum absolute atomic E-state index is 5.81. The van der Waals surface area contributed by atoms with E-state index in [-0.39, 0.29) is 0 Å².